The fraction of sp³-hybridized carbons (Fsp3) is 0.667. The lowest BCUT2D eigenvalue weighted by atomic mass is 9.77. The molecule has 12 heavy (non-hydrogen) atoms. The highest BCUT2D eigenvalue weighted by atomic mass is 14.3. The Morgan fingerprint density at radius 2 is 1.83 bits per heavy atom. The molecule has 0 radical (unpaired) electrons. The van der Waals surface area contributed by atoms with Crippen LogP contribution in [0.15, 0.2) is 24.3 Å². The maximum Gasteiger partial charge on any atom is -0.0169 e. The second-order valence-corrected chi connectivity index (χ2v) is 4.69. The maximum atomic E-state index is 2.39. The van der Waals surface area contributed by atoms with Gasteiger partial charge in [-0.2, -0.15) is 0 Å². The second-order valence-electron chi connectivity index (χ2n) is 4.69. The van der Waals surface area contributed by atoms with Crippen LogP contribution in [-0.2, 0) is 0 Å². The van der Waals surface area contributed by atoms with Crippen LogP contribution in [0.3, 0.4) is 0 Å². The van der Waals surface area contributed by atoms with Crippen LogP contribution in [0.4, 0.5) is 0 Å². The summed E-state index contributed by atoms with van der Waals surface area (Å²) < 4.78 is 0. The zero-order valence-electron chi connectivity index (χ0n) is 8.51. The van der Waals surface area contributed by atoms with Gasteiger partial charge in [0, 0.05) is 0 Å². The van der Waals surface area contributed by atoms with E-state index in [2.05, 4.69) is 45.1 Å². The quantitative estimate of drug-likeness (QED) is 0.476. The first-order valence-corrected chi connectivity index (χ1v) is 4.92. The van der Waals surface area contributed by atoms with Gasteiger partial charge in [0.1, 0.15) is 0 Å². The molecule has 0 heteroatoms. The molecular weight excluding hydrogens is 144 g/mol. The van der Waals surface area contributed by atoms with Crippen molar-refractivity contribution in [3.05, 3.63) is 24.3 Å². The molecule has 0 saturated carbocycles. The van der Waals surface area contributed by atoms with Gasteiger partial charge in [0.15, 0.2) is 0 Å². The Hall–Kier alpha value is -0.520. The van der Waals surface area contributed by atoms with E-state index in [-0.39, 0.29) is 0 Å². The van der Waals surface area contributed by atoms with Crippen LogP contribution >= 0.6 is 0 Å². The summed E-state index contributed by atoms with van der Waals surface area (Å²) in [6.45, 7) is 6.98. The largest absolute Gasteiger partial charge is 0.0882 e. The molecule has 0 amide bonds. The average Bonchev–Trinajstić information content (AvgIpc) is 1.81. The van der Waals surface area contributed by atoms with Crippen LogP contribution in [0.25, 0.3) is 0 Å². The third-order valence-electron chi connectivity index (χ3n) is 2.56. The normalized spacial score (nSPS) is 30.4. The first kappa shape index (κ1) is 9.57. The lowest BCUT2D eigenvalue weighted by molar-refractivity contribution is 0.279. The Balaban J connectivity index is 2.60. The summed E-state index contributed by atoms with van der Waals surface area (Å²) >= 11 is 0. The molecule has 0 fully saturated rings. The third-order valence-corrected chi connectivity index (χ3v) is 2.56. The van der Waals surface area contributed by atoms with Gasteiger partial charge in [-0.15, -0.1) is 0 Å². The molecule has 1 unspecified atom stereocenters. The molecule has 1 aliphatic carbocycles. The van der Waals surface area contributed by atoms with Gasteiger partial charge in [-0.05, 0) is 30.6 Å². The van der Waals surface area contributed by atoms with Gasteiger partial charge in [0.2, 0.25) is 0 Å². The Labute approximate surface area is 76.4 Å². The molecular formula is C12H20. The van der Waals surface area contributed by atoms with Gasteiger partial charge >= 0.3 is 0 Å². The van der Waals surface area contributed by atoms with Gasteiger partial charge in [0.05, 0.1) is 0 Å². The number of rotatable bonds is 0. The van der Waals surface area contributed by atoms with Crippen LogP contribution in [-0.4, -0.2) is 0 Å². The molecule has 0 bridgehead atoms. The van der Waals surface area contributed by atoms with Crippen LogP contribution in [0.2, 0.25) is 0 Å². The molecule has 0 aromatic carbocycles. The van der Waals surface area contributed by atoms with Crippen molar-refractivity contribution in [3.8, 4) is 0 Å². The Morgan fingerprint density at radius 3 is 2.50 bits per heavy atom. The van der Waals surface area contributed by atoms with Crippen molar-refractivity contribution >= 4 is 0 Å². The minimum absolute atomic E-state index is 0.432. The minimum Gasteiger partial charge on any atom is -0.0882 e. The summed E-state index contributed by atoms with van der Waals surface area (Å²) in [5.74, 6) is 0.752. The Morgan fingerprint density at radius 1 is 1.08 bits per heavy atom. The Bertz CT molecular complexity index is 179. The average molecular weight is 164 g/mol. The van der Waals surface area contributed by atoms with E-state index in [9.17, 15) is 0 Å². The van der Waals surface area contributed by atoms with Crippen molar-refractivity contribution in [1.82, 2.24) is 0 Å². The van der Waals surface area contributed by atoms with Crippen LogP contribution < -0.4 is 0 Å². The van der Waals surface area contributed by atoms with Crippen LogP contribution in [0.1, 0.15) is 40.0 Å². The lowest BCUT2D eigenvalue weighted by Gasteiger charge is -2.28. The molecule has 0 heterocycles. The maximum absolute atomic E-state index is 2.39. The van der Waals surface area contributed by atoms with E-state index in [1.807, 2.05) is 0 Å². The predicted octanol–water partition coefficient (Wildman–Crippen LogP) is 3.95. The summed E-state index contributed by atoms with van der Waals surface area (Å²) in [4.78, 5) is 0. The van der Waals surface area contributed by atoms with E-state index >= 15 is 0 Å². The smallest absolute Gasteiger partial charge is 0.0169 e. The zero-order valence-corrected chi connectivity index (χ0v) is 8.51. The molecule has 1 atom stereocenters. The summed E-state index contributed by atoms with van der Waals surface area (Å²) in [7, 11) is 0. The number of hydrogen-bond acceptors (Lipinski definition) is 0. The van der Waals surface area contributed by atoms with Crippen molar-refractivity contribution in [1.29, 1.82) is 0 Å². The van der Waals surface area contributed by atoms with Gasteiger partial charge < -0.3 is 0 Å². The van der Waals surface area contributed by atoms with Gasteiger partial charge in [-0.3, -0.25) is 0 Å². The fourth-order valence-electron chi connectivity index (χ4n) is 1.63. The molecule has 0 aromatic heterocycles. The summed E-state index contributed by atoms with van der Waals surface area (Å²) in [6, 6.07) is 0. The van der Waals surface area contributed by atoms with Crippen molar-refractivity contribution in [2.75, 3.05) is 0 Å². The van der Waals surface area contributed by atoms with Crippen molar-refractivity contribution in [2.45, 2.75) is 40.0 Å². The van der Waals surface area contributed by atoms with Crippen LogP contribution in [0.5, 0.6) is 0 Å². The Kier molecular flexibility index (Phi) is 3.13. The van der Waals surface area contributed by atoms with E-state index in [4.69, 9.17) is 0 Å². The number of allylic oxidation sites excluding steroid dienone is 4. The first-order chi connectivity index (χ1) is 5.61. The standard InChI is InChI=1S/C12H20/c1-12(2,3)11-9-7-5-4-6-8-10-11/h4-5,8,10-11H,6-7,9H2,1-3H3/b5-4-,10-8+. The highest BCUT2D eigenvalue weighted by Crippen LogP contribution is 2.31. The highest BCUT2D eigenvalue weighted by Gasteiger charge is 2.21. The van der Waals surface area contributed by atoms with Crippen LogP contribution in [0, 0.1) is 11.3 Å². The fourth-order valence-corrected chi connectivity index (χ4v) is 1.63. The SMILES string of the molecule is CC(C)(C)C1/C=C/C/C=C\CC1. The molecule has 1 rings (SSSR count). The molecule has 0 nitrogen and oxygen atoms in total. The third kappa shape index (κ3) is 2.84. The molecule has 0 aliphatic heterocycles. The van der Waals surface area contributed by atoms with E-state index in [1.165, 1.54) is 12.8 Å². The lowest BCUT2D eigenvalue weighted by Crippen LogP contribution is -2.18. The van der Waals surface area contributed by atoms with E-state index < -0.39 is 0 Å². The summed E-state index contributed by atoms with van der Waals surface area (Å²) in [5.41, 5.74) is 0.432. The van der Waals surface area contributed by atoms with Crippen molar-refractivity contribution in [3.63, 3.8) is 0 Å². The first-order valence-electron chi connectivity index (χ1n) is 4.92. The summed E-state index contributed by atoms with van der Waals surface area (Å²) in [6.07, 6.45) is 12.9. The molecule has 0 aromatic rings. The monoisotopic (exact) mass is 164 g/mol. The molecule has 0 N–H and O–H groups in total. The van der Waals surface area contributed by atoms with E-state index in [0.717, 1.165) is 12.3 Å². The van der Waals surface area contributed by atoms with Crippen molar-refractivity contribution in [2.24, 2.45) is 11.3 Å². The molecule has 68 valence electrons. The summed E-state index contributed by atoms with van der Waals surface area (Å²) in [5, 5.41) is 0. The minimum atomic E-state index is 0.432. The second kappa shape index (κ2) is 3.93. The van der Waals surface area contributed by atoms with Crippen molar-refractivity contribution < 1.29 is 0 Å². The predicted molar refractivity (Wildman–Crippen MR) is 55.1 cm³/mol. The zero-order chi connectivity index (χ0) is 9.03. The molecule has 1 aliphatic rings. The van der Waals surface area contributed by atoms with E-state index in [1.54, 1.807) is 0 Å². The van der Waals surface area contributed by atoms with Gasteiger partial charge in [0.25, 0.3) is 0 Å². The molecule has 0 saturated heterocycles. The van der Waals surface area contributed by atoms with E-state index in [0.29, 0.717) is 5.41 Å². The number of hydrogen-bond donors (Lipinski definition) is 0. The van der Waals surface area contributed by atoms with Gasteiger partial charge in [-0.25, -0.2) is 0 Å². The molecule has 0 spiro atoms. The van der Waals surface area contributed by atoms with Gasteiger partial charge in [-0.1, -0.05) is 45.1 Å². The topological polar surface area (TPSA) is 0 Å². The highest BCUT2D eigenvalue weighted by molar-refractivity contribution is 5.01.